The van der Waals surface area contributed by atoms with Gasteiger partial charge < -0.3 is 14.4 Å². The number of nitrogens with zero attached hydrogens (tertiary/aromatic N) is 2. The van der Waals surface area contributed by atoms with E-state index in [1.54, 1.807) is 0 Å². The summed E-state index contributed by atoms with van der Waals surface area (Å²) in [4.78, 5) is 25.3. The van der Waals surface area contributed by atoms with E-state index in [4.69, 9.17) is 9.52 Å². The summed E-state index contributed by atoms with van der Waals surface area (Å²) in [6, 6.07) is 2.27. The third kappa shape index (κ3) is 4.45. The van der Waals surface area contributed by atoms with Crippen LogP contribution in [0, 0.1) is 11.8 Å². The zero-order valence-corrected chi connectivity index (χ0v) is 16.2. The van der Waals surface area contributed by atoms with Crippen LogP contribution in [0.2, 0.25) is 0 Å². The number of amides is 1. The number of aromatic carboxylic acids is 1. The number of carboxylic acids is 1. The Kier molecular flexibility index (Phi) is 6.46. The summed E-state index contributed by atoms with van der Waals surface area (Å²) in [6.07, 6.45) is 0.887. The van der Waals surface area contributed by atoms with E-state index >= 15 is 0 Å². The Morgan fingerprint density at radius 3 is 2.38 bits per heavy atom. The second-order valence-electron chi connectivity index (χ2n) is 6.87. The van der Waals surface area contributed by atoms with Crippen molar-refractivity contribution in [2.24, 2.45) is 11.8 Å². The van der Waals surface area contributed by atoms with Crippen molar-refractivity contribution in [3.8, 4) is 0 Å². The Morgan fingerprint density at radius 2 is 1.92 bits per heavy atom. The standard InChI is InChI=1S/C17H26N2O6S/c1-4-18(11-12(2)3)16(20)13-7-9-19(10-8-13)26(23,24)15-6-5-14(25-15)17(21)22/h5-6,12-13H,4,7-11H2,1-3H3,(H,21,22). The molecule has 0 atom stereocenters. The van der Waals surface area contributed by atoms with Crippen molar-refractivity contribution in [2.75, 3.05) is 26.2 Å². The lowest BCUT2D eigenvalue weighted by atomic mass is 9.96. The molecular weight excluding hydrogens is 360 g/mol. The molecule has 1 fully saturated rings. The van der Waals surface area contributed by atoms with Gasteiger partial charge in [0, 0.05) is 32.1 Å². The van der Waals surface area contributed by atoms with Gasteiger partial charge in [0.25, 0.3) is 10.0 Å². The van der Waals surface area contributed by atoms with Crippen LogP contribution in [-0.4, -0.2) is 60.8 Å². The number of carbonyl (C=O) groups is 2. The van der Waals surface area contributed by atoms with Gasteiger partial charge in [-0.3, -0.25) is 4.79 Å². The average Bonchev–Trinajstić information content (AvgIpc) is 3.10. The maximum atomic E-state index is 12.6. The number of carboxylic acid groups (broad SMARTS) is 1. The minimum Gasteiger partial charge on any atom is -0.475 e. The molecule has 1 amide bonds. The van der Waals surface area contributed by atoms with Gasteiger partial charge in [-0.15, -0.1) is 0 Å². The monoisotopic (exact) mass is 386 g/mol. The first kappa shape index (κ1) is 20.4. The van der Waals surface area contributed by atoms with E-state index in [1.165, 1.54) is 4.31 Å². The molecule has 0 spiro atoms. The first-order valence-corrected chi connectivity index (χ1v) is 10.2. The second kappa shape index (κ2) is 8.22. The molecule has 8 nitrogen and oxygen atoms in total. The maximum absolute atomic E-state index is 12.6. The van der Waals surface area contributed by atoms with Gasteiger partial charge in [0.1, 0.15) is 0 Å². The van der Waals surface area contributed by atoms with Crippen LogP contribution in [0.1, 0.15) is 44.2 Å². The highest BCUT2D eigenvalue weighted by Gasteiger charge is 2.35. The summed E-state index contributed by atoms with van der Waals surface area (Å²) in [6.45, 7) is 7.80. The van der Waals surface area contributed by atoms with Gasteiger partial charge in [0.05, 0.1) is 0 Å². The lowest BCUT2D eigenvalue weighted by molar-refractivity contribution is -0.137. The van der Waals surface area contributed by atoms with Crippen molar-refractivity contribution >= 4 is 21.9 Å². The SMILES string of the molecule is CCN(CC(C)C)C(=O)C1CCN(S(=O)(=O)c2ccc(C(=O)O)o2)CC1. The Balaban J connectivity index is 2.02. The lowest BCUT2D eigenvalue weighted by Crippen LogP contribution is -2.45. The van der Waals surface area contributed by atoms with E-state index in [0.29, 0.717) is 31.8 Å². The van der Waals surface area contributed by atoms with Gasteiger partial charge in [-0.1, -0.05) is 13.8 Å². The molecule has 0 saturated carbocycles. The van der Waals surface area contributed by atoms with E-state index in [-0.39, 0.29) is 30.0 Å². The summed E-state index contributed by atoms with van der Waals surface area (Å²) in [5.41, 5.74) is 0. The number of hydrogen-bond donors (Lipinski definition) is 1. The van der Waals surface area contributed by atoms with Gasteiger partial charge in [0.15, 0.2) is 0 Å². The molecule has 0 aromatic carbocycles. The molecule has 26 heavy (non-hydrogen) atoms. The van der Waals surface area contributed by atoms with Crippen molar-refractivity contribution in [1.29, 1.82) is 0 Å². The van der Waals surface area contributed by atoms with E-state index in [9.17, 15) is 18.0 Å². The van der Waals surface area contributed by atoms with Crippen molar-refractivity contribution in [3.05, 3.63) is 17.9 Å². The fourth-order valence-corrected chi connectivity index (χ4v) is 4.50. The molecular formula is C17H26N2O6S. The zero-order valence-electron chi connectivity index (χ0n) is 15.3. The highest BCUT2D eigenvalue weighted by Crippen LogP contribution is 2.26. The van der Waals surface area contributed by atoms with Gasteiger partial charge in [0.2, 0.25) is 16.8 Å². The van der Waals surface area contributed by atoms with Crippen molar-refractivity contribution in [1.82, 2.24) is 9.21 Å². The predicted octanol–water partition coefficient (Wildman–Crippen LogP) is 1.88. The van der Waals surface area contributed by atoms with Crippen LogP contribution in [0.15, 0.2) is 21.6 Å². The summed E-state index contributed by atoms with van der Waals surface area (Å²) in [5.74, 6) is -1.47. The normalized spacial score (nSPS) is 16.8. The van der Waals surface area contributed by atoms with Crippen molar-refractivity contribution in [3.63, 3.8) is 0 Å². The molecule has 1 N–H and O–H groups in total. The van der Waals surface area contributed by atoms with Gasteiger partial charge >= 0.3 is 5.97 Å². The third-order valence-electron chi connectivity index (χ3n) is 4.47. The van der Waals surface area contributed by atoms with Crippen LogP contribution < -0.4 is 0 Å². The average molecular weight is 386 g/mol. The third-order valence-corrected chi connectivity index (χ3v) is 6.24. The summed E-state index contributed by atoms with van der Waals surface area (Å²) in [5, 5.41) is 8.48. The Hall–Kier alpha value is -1.87. The van der Waals surface area contributed by atoms with Crippen LogP contribution in [0.25, 0.3) is 0 Å². The fourth-order valence-electron chi connectivity index (χ4n) is 3.12. The van der Waals surface area contributed by atoms with Gasteiger partial charge in [-0.25, -0.2) is 13.2 Å². The minimum atomic E-state index is -3.89. The van der Waals surface area contributed by atoms with Crippen molar-refractivity contribution in [2.45, 2.75) is 38.7 Å². The molecule has 2 rings (SSSR count). The molecule has 0 aliphatic carbocycles. The van der Waals surface area contributed by atoms with E-state index in [0.717, 1.165) is 12.1 Å². The zero-order chi connectivity index (χ0) is 19.5. The van der Waals surface area contributed by atoms with Crippen LogP contribution in [0.3, 0.4) is 0 Å². The molecule has 0 unspecified atom stereocenters. The number of carbonyl (C=O) groups excluding carboxylic acids is 1. The molecule has 1 aliphatic rings. The van der Waals surface area contributed by atoms with Crippen LogP contribution >= 0.6 is 0 Å². The first-order chi connectivity index (χ1) is 12.2. The number of rotatable bonds is 7. The Labute approximate surface area is 153 Å². The molecule has 0 radical (unpaired) electrons. The number of sulfonamides is 1. The van der Waals surface area contributed by atoms with E-state index in [2.05, 4.69) is 13.8 Å². The molecule has 2 heterocycles. The van der Waals surface area contributed by atoms with Crippen LogP contribution in [0.5, 0.6) is 0 Å². The number of furan rings is 1. The second-order valence-corrected chi connectivity index (χ2v) is 8.74. The quantitative estimate of drug-likeness (QED) is 0.766. The topological polar surface area (TPSA) is 108 Å². The lowest BCUT2D eigenvalue weighted by Gasteiger charge is -2.33. The first-order valence-electron chi connectivity index (χ1n) is 8.78. The largest absolute Gasteiger partial charge is 0.475 e. The van der Waals surface area contributed by atoms with Gasteiger partial charge in [-0.05, 0) is 37.8 Å². The fraction of sp³-hybridized carbons (Fsp3) is 0.647. The number of piperidine rings is 1. The minimum absolute atomic E-state index is 0.0735. The summed E-state index contributed by atoms with van der Waals surface area (Å²) >= 11 is 0. The Bertz CT molecular complexity index is 747. The summed E-state index contributed by atoms with van der Waals surface area (Å²) in [7, 11) is -3.89. The molecule has 1 saturated heterocycles. The molecule has 1 aliphatic heterocycles. The predicted molar refractivity (Wildman–Crippen MR) is 94.2 cm³/mol. The molecule has 9 heteroatoms. The van der Waals surface area contributed by atoms with E-state index < -0.39 is 21.8 Å². The maximum Gasteiger partial charge on any atom is 0.371 e. The number of hydrogen-bond acceptors (Lipinski definition) is 5. The smallest absolute Gasteiger partial charge is 0.371 e. The molecule has 146 valence electrons. The highest BCUT2D eigenvalue weighted by atomic mass is 32.2. The van der Waals surface area contributed by atoms with E-state index in [1.807, 2.05) is 11.8 Å². The van der Waals surface area contributed by atoms with Crippen molar-refractivity contribution < 1.29 is 27.5 Å². The highest BCUT2D eigenvalue weighted by molar-refractivity contribution is 7.89. The van der Waals surface area contributed by atoms with Crippen LogP contribution in [-0.2, 0) is 14.8 Å². The van der Waals surface area contributed by atoms with Gasteiger partial charge in [-0.2, -0.15) is 4.31 Å². The molecule has 1 aromatic rings. The molecule has 0 bridgehead atoms. The Morgan fingerprint density at radius 1 is 1.31 bits per heavy atom. The van der Waals surface area contributed by atoms with Crippen LogP contribution in [0.4, 0.5) is 0 Å². The summed E-state index contributed by atoms with van der Waals surface area (Å²) < 4.78 is 31.3. The molecule has 1 aromatic heterocycles.